The molecule has 4 aliphatic heterocycles. The van der Waals surface area contributed by atoms with Crippen LogP contribution in [0, 0.1) is 16.7 Å². The molecule has 12 atom stereocenters. The molecule has 450 valence electrons. The van der Waals surface area contributed by atoms with Gasteiger partial charge in [-0.3, -0.25) is 38.4 Å². The molecule has 7 rings (SSSR count). The van der Waals surface area contributed by atoms with E-state index in [1.807, 2.05) is 38.1 Å². The Kier molecular flexibility index (Phi) is 24.0. The van der Waals surface area contributed by atoms with Gasteiger partial charge in [0.15, 0.2) is 0 Å². The van der Waals surface area contributed by atoms with Crippen molar-refractivity contribution in [2.45, 2.75) is 152 Å². The fourth-order valence-corrected chi connectivity index (χ4v) is 12.0. The van der Waals surface area contributed by atoms with Crippen LogP contribution in [0.1, 0.15) is 112 Å². The Bertz CT molecular complexity index is 2660. The Morgan fingerprint density at radius 2 is 0.964 bits per heavy atom. The summed E-state index contributed by atoms with van der Waals surface area (Å²) in [5.41, 5.74) is 2.85. The van der Waals surface area contributed by atoms with Gasteiger partial charge in [0.25, 0.3) is 0 Å². The molecule has 3 aromatic rings. The Morgan fingerprint density at radius 3 is 1.35 bits per heavy atom. The molecule has 3 aromatic carbocycles. The molecule has 4 heterocycles. The maximum Gasteiger partial charge on any atom is 0.247 e. The number of hydrogen-bond donors (Lipinski definition) is 9. The number of carbonyl (C=O) groups excluding carboxylic acids is 8. The van der Waals surface area contributed by atoms with Gasteiger partial charge in [-0.2, -0.15) is 4.91 Å². The van der Waals surface area contributed by atoms with Crippen LogP contribution in [0.3, 0.4) is 0 Å². The largest absolute Gasteiger partial charge is 0.396 e. The zero-order chi connectivity index (χ0) is 59.4. The highest BCUT2D eigenvalue weighted by molar-refractivity contribution is 5.97. The number of hydrogen-bond acceptors (Lipinski definition) is 15. The molecule has 12 unspecified atom stereocenters. The van der Waals surface area contributed by atoms with Crippen molar-refractivity contribution in [3.8, 4) is 0 Å². The molecule has 0 spiro atoms. The highest BCUT2D eigenvalue weighted by Crippen LogP contribution is 2.36. The van der Waals surface area contributed by atoms with Gasteiger partial charge in [0.1, 0.15) is 36.3 Å². The monoisotopic (exact) mass is 1150 g/mol. The lowest BCUT2D eigenvalue weighted by Gasteiger charge is -2.33. The number of aliphatic hydroxyl groups excluding tert-OH is 1. The SMILES string of the molecule is CCC(NC)C(=O)NC1C(=O)N2C(CCC1CO)CCC2C(=O)NC(C(=O)NCCOCc1ccc(COCCNC(=O)C(NC(=O)C2CCC3CCC(CN=O)C(NC(=O)C(CC)NC)C(=O)N32)c2ccccc2)cc1)c1ccccc1. The van der Waals surface area contributed by atoms with Gasteiger partial charge in [0.05, 0.1) is 45.1 Å². The second kappa shape index (κ2) is 31.5. The summed E-state index contributed by atoms with van der Waals surface area (Å²) >= 11 is 0. The molecule has 8 amide bonds. The van der Waals surface area contributed by atoms with Crippen molar-refractivity contribution >= 4 is 47.3 Å². The van der Waals surface area contributed by atoms with Crippen molar-refractivity contribution in [3.05, 3.63) is 112 Å². The van der Waals surface area contributed by atoms with Crippen molar-refractivity contribution in [1.29, 1.82) is 0 Å². The van der Waals surface area contributed by atoms with Gasteiger partial charge >= 0.3 is 0 Å². The summed E-state index contributed by atoms with van der Waals surface area (Å²) < 4.78 is 11.8. The maximum atomic E-state index is 14.3. The minimum Gasteiger partial charge on any atom is -0.396 e. The average molecular weight is 1150 g/mol. The first-order valence-corrected chi connectivity index (χ1v) is 29.2. The molecular weight excluding hydrogens is 1070 g/mol. The molecule has 0 aromatic heterocycles. The first kappa shape index (κ1) is 63.4. The van der Waals surface area contributed by atoms with Crippen LogP contribution in [0.2, 0.25) is 0 Å². The minimum atomic E-state index is -1.08. The highest BCUT2D eigenvalue weighted by atomic mass is 16.5. The van der Waals surface area contributed by atoms with E-state index >= 15 is 0 Å². The lowest BCUT2D eigenvalue weighted by Crippen LogP contribution is -2.59. The summed E-state index contributed by atoms with van der Waals surface area (Å²) in [4.78, 5) is 125. The predicted octanol–water partition coefficient (Wildman–Crippen LogP) is 1.93. The van der Waals surface area contributed by atoms with Gasteiger partial charge in [-0.1, -0.05) is 104 Å². The minimum absolute atomic E-state index is 0.139. The third-order valence-corrected chi connectivity index (χ3v) is 16.6. The van der Waals surface area contributed by atoms with Crippen molar-refractivity contribution < 1.29 is 52.9 Å². The molecule has 83 heavy (non-hydrogen) atoms. The standard InChI is InChI=1S/C60H83N11O12/c1-5-45(61-3)53(73)68-51-41(33-65-81)21-23-43-25-27-47(70(43)59(51)79)55(75)66-49(39-13-9-7-10-14-39)57(77)63-29-31-82-35-37-17-19-38(20-18-37)36-83-32-30-64-58(78)50(40-15-11-8-12-16-40)67-56(76)48-28-26-44-24-22-42(34-72)52(60(80)71(44)48)69-54(74)46(6-2)62-4/h7-20,41-52,61-62,72H,5-6,21-36H2,1-4H3,(H,63,77)(H,64,78)(H,66,75)(H,67,76)(H,68,73)(H,69,74). The fraction of sp³-hybridized carbons (Fsp3) is 0.567. The summed E-state index contributed by atoms with van der Waals surface area (Å²) in [6, 6.07) is 17.6. The third-order valence-electron chi connectivity index (χ3n) is 16.6. The number of aliphatic hydroxyl groups is 1. The zero-order valence-electron chi connectivity index (χ0n) is 48.0. The smallest absolute Gasteiger partial charge is 0.247 e. The van der Waals surface area contributed by atoms with E-state index in [4.69, 9.17) is 9.47 Å². The summed E-state index contributed by atoms with van der Waals surface area (Å²) in [5.74, 6) is -4.55. The van der Waals surface area contributed by atoms with E-state index in [9.17, 15) is 48.4 Å². The number of likely N-dealkylation sites (N-methyl/N-ethyl adjacent to an activating group) is 2. The lowest BCUT2D eigenvalue weighted by molar-refractivity contribution is -0.144. The number of nitrogens with one attached hydrogen (secondary N) is 8. The third kappa shape index (κ3) is 16.3. The molecule has 4 saturated heterocycles. The van der Waals surface area contributed by atoms with Crippen LogP contribution in [0.15, 0.2) is 90.1 Å². The average Bonchev–Trinajstić information content (AvgIpc) is 4.13. The van der Waals surface area contributed by atoms with E-state index in [1.165, 1.54) is 4.90 Å². The molecule has 23 heteroatoms. The zero-order valence-corrected chi connectivity index (χ0v) is 48.0. The summed E-state index contributed by atoms with van der Waals surface area (Å²) in [5, 5.41) is 36.5. The molecule has 4 aliphatic rings. The number of carbonyl (C=O) groups is 8. The number of ether oxygens (including phenoxy) is 2. The van der Waals surface area contributed by atoms with Gasteiger partial charge in [-0.15, -0.1) is 0 Å². The summed E-state index contributed by atoms with van der Waals surface area (Å²) in [7, 11) is 3.32. The first-order chi connectivity index (χ1) is 40.2. The van der Waals surface area contributed by atoms with E-state index in [1.54, 1.807) is 79.7 Å². The van der Waals surface area contributed by atoms with Crippen molar-refractivity contribution in [1.82, 2.24) is 52.3 Å². The van der Waals surface area contributed by atoms with Crippen LogP contribution in [0.5, 0.6) is 0 Å². The van der Waals surface area contributed by atoms with Gasteiger partial charge in [0, 0.05) is 43.6 Å². The molecule has 0 bridgehead atoms. The fourth-order valence-electron chi connectivity index (χ4n) is 12.0. The predicted molar refractivity (Wildman–Crippen MR) is 307 cm³/mol. The lowest BCUT2D eigenvalue weighted by atomic mass is 9.93. The van der Waals surface area contributed by atoms with E-state index < -0.39 is 95.6 Å². The van der Waals surface area contributed by atoms with Crippen molar-refractivity contribution in [2.75, 3.05) is 53.6 Å². The number of fused-ring (bicyclic) bond motifs is 2. The van der Waals surface area contributed by atoms with Crippen LogP contribution >= 0.6 is 0 Å². The second-order valence-corrected chi connectivity index (χ2v) is 21.8. The van der Waals surface area contributed by atoms with Crippen LogP contribution in [-0.2, 0) is 61.0 Å². The second-order valence-electron chi connectivity index (χ2n) is 21.8. The molecule has 4 fully saturated rings. The van der Waals surface area contributed by atoms with E-state index in [0.717, 1.165) is 11.1 Å². The van der Waals surface area contributed by atoms with Gasteiger partial charge in [-0.05, 0) is 101 Å². The molecule has 0 radical (unpaired) electrons. The number of benzene rings is 3. The first-order valence-electron chi connectivity index (χ1n) is 29.2. The molecule has 0 saturated carbocycles. The quantitative estimate of drug-likeness (QED) is 0.0355. The molecular formula is C60H83N11O12. The Balaban J connectivity index is 0.854. The Morgan fingerprint density at radius 1 is 0.566 bits per heavy atom. The van der Waals surface area contributed by atoms with Gasteiger partial charge < -0.3 is 66.9 Å². The number of nitroso groups, excluding NO2 is 1. The number of amides is 8. The van der Waals surface area contributed by atoms with Crippen LogP contribution in [0.25, 0.3) is 0 Å². The van der Waals surface area contributed by atoms with Crippen LogP contribution < -0.4 is 42.5 Å². The number of rotatable bonds is 29. The normalized spacial score (nSPS) is 23.7. The molecule has 23 nitrogen and oxygen atoms in total. The number of nitrogens with zero attached hydrogens (tertiary/aromatic N) is 3. The topological polar surface area (TPSA) is 307 Å². The van der Waals surface area contributed by atoms with Crippen LogP contribution in [0.4, 0.5) is 0 Å². The Labute approximate surface area is 485 Å². The van der Waals surface area contributed by atoms with Crippen molar-refractivity contribution in [3.63, 3.8) is 0 Å². The summed E-state index contributed by atoms with van der Waals surface area (Å²) in [6.07, 6.45) is 4.90. The molecule has 9 N–H and O–H groups in total. The maximum absolute atomic E-state index is 14.3. The van der Waals surface area contributed by atoms with E-state index in [-0.39, 0.29) is 76.6 Å². The van der Waals surface area contributed by atoms with E-state index in [2.05, 4.69) is 47.7 Å². The molecule has 0 aliphatic carbocycles. The van der Waals surface area contributed by atoms with Crippen molar-refractivity contribution in [2.24, 2.45) is 17.0 Å². The summed E-state index contributed by atoms with van der Waals surface area (Å²) in [6.45, 7) is 4.37. The van der Waals surface area contributed by atoms with Gasteiger partial charge in [0.2, 0.25) is 47.3 Å². The van der Waals surface area contributed by atoms with E-state index in [0.29, 0.717) is 75.3 Å². The highest BCUT2D eigenvalue weighted by Gasteiger charge is 2.50. The van der Waals surface area contributed by atoms with Crippen LogP contribution in [-0.4, -0.2) is 164 Å². The van der Waals surface area contributed by atoms with Gasteiger partial charge in [-0.25, -0.2) is 0 Å². The Hall–Kier alpha value is -7.18.